The molecule has 3 aromatic heterocycles. The summed E-state index contributed by atoms with van der Waals surface area (Å²) in [6.45, 7) is 1.92. The van der Waals surface area contributed by atoms with Crippen LogP contribution in [-0.4, -0.2) is 55.7 Å². The van der Waals surface area contributed by atoms with Crippen molar-refractivity contribution < 1.29 is 14.3 Å². The Morgan fingerprint density at radius 1 is 1.16 bits per heavy atom. The third kappa shape index (κ3) is 5.54. The zero-order valence-electron chi connectivity index (χ0n) is 20.9. The quantitative estimate of drug-likeness (QED) is 0.332. The van der Waals surface area contributed by atoms with E-state index < -0.39 is 17.5 Å². The fourth-order valence-electron chi connectivity index (χ4n) is 3.97. The molecule has 0 bridgehead atoms. The number of hydrogen-bond acceptors (Lipinski definition) is 8. The van der Waals surface area contributed by atoms with Crippen LogP contribution in [0, 0.1) is 0 Å². The summed E-state index contributed by atoms with van der Waals surface area (Å²) in [7, 11) is 2.98. The molecule has 4 rings (SSSR count). The molecule has 2 amide bonds. The van der Waals surface area contributed by atoms with Crippen LogP contribution < -0.4 is 20.9 Å². The van der Waals surface area contributed by atoms with E-state index in [0.717, 1.165) is 0 Å². The Bertz CT molecular complexity index is 1500. The number of pyridine rings is 2. The van der Waals surface area contributed by atoms with Gasteiger partial charge in [-0.3, -0.25) is 19.0 Å². The minimum atomic E-state index is -0.826. The number of ether oxygens (including phenoxy) is 1. The first-order valence-electron chi connectivity index (χ1n) is 11.7. The molecule has 0 fully saturated rings. The maximum atomic E-state index is 13.4. The van der Waals surface area contributed by atoms with Gasteiger partial charge in [-0.2, -0.15) is 4.68 Å². The second-order valence-corrected chi connectivity index (χ2v) is 8.66. The van der Waals surface area contributed by atoms with E-state index in [4.69, 9.17) is 16.3 Å². The highest BCUT2D eigenvalue weighted by atomic mass is 35.5. The summed E-state index contributed by atoms with van der Waals surface area (Å²) in [6, 6.07) is 8.75. The summed E-state index contributed by atoms with van der Waals surface area (Å²) < 4.78 is 8.43. The summed E-state index contributed by atoms with van der Waals surface area (Å²) in [5, 5.41) is 17.0. The first-order chi connectivity index (χ1) is 18.4. The minimum absolute atomic E-state index is 0.217. The van der Waals surface area contributed by atoms with Gasteiger partial charge < -0.3 is 15.4 Å². The van der Waals surface area contributed by atoms with Crippen molar-refractivity contribution in [2.75, 3.05) is 19.5 Å². The molecule has 4 aromatic rings. The Morgan fingerprint density at radius 2 is 1.97 bits per heavy atom. The third-order valence-corrected chi connectivity index (χ3v) is 6.03. The van der Waals surface area contributed by atoms with E-state index in [1.807, 2.05) is 6.92 Å². The highest BCUT2D eigenvalue weighted by molar-refractivity contribution is 6.31. The maximum Gasteiger partial charge on any atom is 0.269 e. The predicted octanol–water partition coefficient (Wildman–Crippen LogP) is 2.89. The van der Waals surface area contributed by atoms with Crippen LogP contribution in [0.5, 0.6) is 5.75 Å². The molecule has 12 nitrogen and oxygen atoms in total. The molecule has 3 heterocycles. The van der Waals surface area contributed by atoms with Gasteiger partial charge in [0.25, 0.3) is 11.5 Å². The van der Waals surface area contributed by atoms with E-state index >= 15 is 0 Å². The lowest BCUT2D eigenvalue weighted by Gasteiger charge is -2.21. The van der Waals surface area contributed by atoms with Gasteiger partial charge in [0, 0.05) is 29.3 Å². The first kappa shape index (κ1) is 26.5. The minimum Gasteiger partial charge on any atom is -0.495 e. The van der Waals surface area contributed by atoms with E-state index in [1.54, 1.807) is 24.3 Å². The number of anilines is 1. The van der Waals surface area contributed by atoms with Crippen LogP contribution in [0.25, 0.3) is 16.8 Å². The van der Waals surface area contributed by atoms with Crippen molar-refractivity contribution >= 4 is 29.1 Å². The fourth-order valence-corrected chi connectivity index (χ4v) is 4.14. The van der Waals surface area contributed by atoms with Gasteiger partial charge in [0.05, 0.1) is 30.9 Å². The number of benzene rings is 1. The average Bonchev–Trinajstić information content (AvgIpc) is 3.46. The van der Waals surface area contributed by atoms with Gasteiger partial charge in [-0.05, 0) is 47.2 Å². The second-order valence-electron chi connectivity index (χ2n) is 8.22. The van der Waals surface area contributed by atoms with Crippen molar-refractivity contribution in [1.82, 2.24) is 35.1 Å². The number of methoxy groups -OCH3 is 1. The maximum absolute atomic E-state index is 13.4. The van der Waals surface area contributed by atoms with Crippen molar-refractivity contribution in [1.29, 1.82) is 0 Å². The number of tetrazole rings is 1. The molecule has 38 heavy (non-hydrogen) atoms. The zero-order chi connectivity index (χ0) is 27.2. The summed E-state index contributed by atoms with van der Waals surface area (Å²) in [6.07, 6.45) is 5.36. The van der Waals surface area contributed by atoms with Gasteiger partial charge in [0.1, 0.15) is 23.8 Å². The lowest BCUT2D eigenvalue weighted by atomic mass is 10.0. The molecule has 1 aromatic carbocycles. The number of hydrogen-bond donors (Lipinski definition) is 2. The number of carbonyl (C=O) groups excluding carboxylic acids is 2. The SMILES string of the molecule is CCCC(C(=O)Nc1ccc(C(=O)NC)nc1)n1cc(OC)c(-c2cc(Cl)ccc2-n2cnnn2)cc1=O. The van der Waals surface area contributed by atoms with E-state index in [0.29, 0.717) is 46.1 Å². The van der Waals surface area contributed by atoms with Crippen molar-refractivity contribution in [2.45, 2.75) is 25.8 Å². The van der Waals surface area contributed by atoms with Crippen LogP contribution in [-0.2, 0) is 4.79 Å². The molecule has 0 saturated heterocycles. The van der Waals surface area contributed by atoms with Crippen molar-refractivity contribution in [3.05, 3.63) is 76.2 Å². The Balaban J connectivity index is 1.71. The molecular weight excluding hydrogens is 512 g/mol. The van der Waals surface area contributed by atoms with E-state index in [1.165, 1.54) is 54.3 Å². The molecule has 1 unspecified atom stereocenters. The summed E-state index contributed by atoms with van der Waals surface area (Å²) in [5.41, 5.74) is 1.83. The van der Waals surface area contributed by atoms with Crippen LogP contribution in [0.4, 0.5) is 5.69 Å². The molecule has 1 atom stereocenters. The molecule has 2 N–H and O–H groups in total. The molecule has 0 spiro atoms. The normalized spacial score (nSPS) is 11.6. The van der Waals surface area contributed by atoms with E-state index in [-0.39, 0.29) is 11.6 Å². The highest BCUT2D eigenvalue weighted by Gasteiger charge is 2.24. The number of nitrogens with one attached hydrogen (secondary N) is 2. The molecular formula is C25H25ClN8O4. The molecule has 0 aliphatic rings. The summed E-state index contributed by atoms with van der Waals surface area (Å²) in [5.74, 6) is -0.393. The summed E-state index contributed by atoms with van der Waals surface area (Å²) in [4.78, 5) is 42.5. The third-order valence-electron chi connectivity index (χ3n) is 5.80. The monoisotopic (exact) mass is 536 g/mol. The van der Waals surface area contributed by atoms with Crippen molar-refractivity contribution in [2.24, 2.45) is 0 Å². The Labute approximate surface area is 222 Å². The van der Waals surface area contributed by atoms with E-state index in [2.05, 4.69) is 31.1 Å². The molecule has 0 aliphatic carbocycles. The Kier molecular flexibility index (Phi) is 8.12. The lowest BCUT2D eigenvalue weighted by Crippen LogP contribution is -2.33. The molecule has 0 saturated carbocycles. The molecule has 0 radical (unpaired) electrons. The van der Waals surface area contributed by atoms with Crippen molar-refractivity contribution in [3.8, 4) is 22.6 Å². The predicted molar refractivity (Wildman–Crippen MR) is 141 cm³/mol. The number of rotatable bonds is 9. The fraction of sp³-hybridized carbons (Fsp3) is 0.240. The van der Waals surface area contributed by atoms with E-state index in [9.17, 15) is 14.4 Å². The van der Waals surface area contributed by atoms with Gasteiger partial charge in [-0.15, -0.1) is 5.10 Å². The first-order valence-corrected chi connectivity index (χ1v) is 12.1. The zero-order valence-corrected chi connectivity index (χ0v) is 21.6. The molecule has 13 heteroatoms. The van der Waals surface area contributed by atoms with Crippen molar-refractivity contribution in [3.63, 3.8) is 0 Å². The highest BCUT2D eigenvalue weighted by Crippen LogP contribution is 2.35. The van der Waals surface area contributed by atoms with Crippen LogP contribution in [0.3, 0.4) is 0 Å². The van der Waals surface area contributed by atoms with Gasteiger partial charge >= 0.3 is 0 Å². The Morgan fingerprint density at radius 3 is 2.61 bits per heavy atom. The number of nitrogens with zero attached hydrogens (tertiary/aromatic N) is 6. The summed E-state index contributed by atoms with van der Waals surface area (Å²) >= 11 is 6.28. The lowest BCUT2D eigenvalue weighted by molar-refractivity contribution is -0.119. The topological polar surface area (TPSA) is 146 Å². The number of halogens is 1. The number of carbonyl (C=O) groups is 2. The van der Waals surface area contributed by atoms with Gasteiger partial charge in [-0.25, -0.2) is 4.98 Å². The largest absolute Gasteiger partial charge is 0.495 e. The molecule has 196 valence electrons. The standard InChI is InChI=1S/C25H25ClN8O4/c1-4-5-21(25(37)30-16-7-8-19(28-12-16)24(36)27-2)33-13-22(38-3)18(11-23(33)35)17-10-15(26)6-9-20(17)34-14-29-31-32-34/h6-14,21H,4-5H2,1-3H3,(H,27,36)(H,30,37). The van der Waals surface area contributed by atoms with Gasteiger partial charge in [0.15, 0.2) is 0 Å². The van der Waals surface area contributed by atoms with Gasteiger partial charge in [0.2, 0.25) is 5.91 Å². The Hall–Kier alpha value is -4.58. The molecule has 0 aliphatic heterocycles. The average molecular weight is 537 g/mol. The number of aromatic nitrogens is 6. The smallest absolute Gasteiger partial charge is 0.269 e. The van der Waals surface area contributed by atoms with Gasteiger partial charge in [-0.1, -0.05) is 24.9 Å². The van der Waals surface area contributed by atoms with Crippen LogP contribution >= 0.6 is 11.6 Å². The second kappa shape index (κ2) is 11.6. The van der Waals surface area contributed by atoms with Crippen LogP contribution in [0.15, 0.2) is 59.9 Å². The number of amides is 2. The van der Waals surface area contributed by atoms with Crippen LogP contribution in [0.2, 0.25) is 5.02 Å². The van der Waals surface area contributed by atoms with Crippen LogP contribution in [0.1, 0.15) is 36.3 Å².